The summed E-state index contributed by atoms with van der Waals surface area (Å²) in [5.41, 5.74) is 2.10. The van der Waals surface area contributed by atoms with Crippen LogP contribution in [0.1, 0.15) is 66.2 Å². The molecular formula is C34H44F2N6O6. The van der Waals surface area contributed by atoms with E-state index in [1.807, 2.05) is 6.92 Å². The second-order valence-electron chi connectivity index (χ2n) is 13.6. The van der Waals surface area contributed by atoms with Crippen molar-refractivity contribution < 1.29 is 37.7 Å². The molecule has 1 aromatic carbocycles. The monoisotopic (exact) mass is 670 g/mol. The van der Waals surface area contributed by atoms with Crippen molar-refractivity contribution in [1.82, 2.24) is 29.3 Å². The summed E-state index contributed by atoms with van der Waals surface area (Å²) >= 11 is 0. The van der Waals surface area contributed by atoms with E-state index in [4.69, 9.17) is 19.3 Å². The van der Waals surface area contributed by atoms with E-state index in [2.05, 4.69) is 19.7 Å². The molecule has 48 heavy (non-hydrogen) atoms. The van der Waals surface area contributed by atoms with Crippen LogP contribution in [0.3, 0.4) is 0 Å². The summed E-state index contributed by atoms with van der Waals surface area (Å²) in [5, 5.41) is 4.71. The average Bonchev–Trinajstić information content (AvgIpc) is 3.51. The highest BCUT2D eigenvalue weighted by atomic mass is 19.3. The molecule has 0 saturated carbocycles. The molecule has 2 saturated heterocycles. The predicted molar refractivity (Wildman–Crippen MR) is 172 cm³/mol. The number of nitrogens with zero attached hydrogens (tertiary/aromatic N) is 6. The van der Waals surface area contributed by atoms with Gasteiger partial charge < -0.3 is 19.1 Å². The molecule has 12 nitrogen and oxygen atoms in total. The fourth-order valence-electron chi connectivity index (χ4n) is 6.78. The van der Waals surface area contributed by atoms with Crippen LogP contribution >= 0.6 is 0 Å². The zero-order valence-corrected chi connectivity index (χ0v) is 28.3. The molecule has 3 aliphatic heterocycles. The second-order valence-corrected chi connectivity index (χ2v) is 13.6. The Balaban J connectivity index is 1.38. The van der Waals surface area contributed by atoms with Crippen molar-refractivity contribution in [3.05, 3.63) is 46.0 Å². The molecule has 0 spiro atoms. The Morgan fingerprint density at radius 1 is 1.00 bits per heavy atom. The lowest BCUT2D eigenvalue weighted by Gasteiger charge is -2.36. The van der Waals surface area contributed by atoms with Crippen molar-refractivity contribution in [2.75, 3.05) is 72.2 Å². The number of fused-ring (bicyclic) bond motifs is 2. The van der Waals surface area contributed by atoms with Gasteiger partial charge in [0, 0.05) is 85.3 Å². The number of hydrogen-bond acceptors (Lipinski definition) is 10. The normalized spacial score (nSPS) is 18.4. The van der Waals surface area contributed by atoms with Crippen LogP contribution < -0.4 is 4.74 Å². The number of morpholine rings is 1. The summed E-state index contributed by atoms with van der Waals surface area (Å²) < 4.78 is 47.9. The van der Waals surface area contributed by atoms with Crippen LogP contribution in [0.25, 0.3) is 16.9 Å². The Morgan fingerprint density at radius 3 is 2.35 bits per heavy atom. The molecule has 260 valence electrons. The number of hydrogen-bond donors (Lipinski definition) is 0. The lowest BCUT2D eigenvalue weighted by atomic mass is 9.91. The molecule has 0 unspecified atom stereocenters. The molecule has 2 aromatic heterocycles. The number of aryl methyl sites for hydroxylation is 1. The highest BCUT2D eigenvalue weighted by Gasteiger charge is 2.37. The first-order valence-corrected chi connectivity index (χ1v) is 16.6. The van der Waals surface area contributed by atoms with E-state index >= 15 is 4.39 Å². The van der Waals surface area contributed by atoms with Crippen LogP contribution in [-0.2, 0) is 25.6 Å². The van der Waals surface area contributed by atoms with Gasteiger partial charge in [0.25, 0.3) is 5.91 Å². The molecule has 1 atom stereocenters. The van der Waals surface area contributed by atoms with Crippen LogP contribution in [0.4, 0.5) is 8.92 Å². The lowest BCUT2D eigenvalue weighted by Crippen LogP contribution is -2.51. The number of piperazine rings is 1. The Labute approximate surface area is 278 Å². The number of ether oxygens (including phenoxy) is 3. The summed E-state index contributed by atoms with van der Waals surface area (Å²) in [6.45, 7) is 16.9. The highest BCUT2D eigenvalue weighted by molar-refractivity contribution is 5.94. The third-order valence-corrected chi connectivity index (χ3v) is 9.26. The molecule has 14 heteroatoms. The van der Waals surface area contributed by atoms with Gasteiger partial charge in [0.05, 0.1) is 31.1 Å². The predicted octanol–water partition coefficient (Wildman–Crippen LogP) is 3.85. The number of benzene rings is 1. The number of halogens is 2. The maximum absolute atomic E-state index is 15.7. The Hall–Kier alpha value is -3.72. The van der Waals surface area contributed by atoms with Gasteiger partial charge >= 0.3 is 5.97 Å². The lowest BCUT2D eigenvalue weighted by molar-refractivity contribution is -0.205. The summed E-state index contributed by atoms with van der Waals surface area (Å²) in [7, 11) is 0. The molecular weight excluding hydrogens is 626 g/mol. The molecule has 3 aliphatic rings. The quantitative estimate of drug-likeness (QED) is 0.351. The summed E-state index contributed by atoms with van der Waals surface area (Å²) in [5.74, 6) is -1.93. The van der Waals surface area contributed by atoms with Crippen LogP contribution in [0, 0.1) is 19.7 Å². The largest absolute Gasteiger partial charge is 0.490 e. The Bertz CT molecular complexity index is 1680. The fraction of sp³-hybridized carbons (Fsp3) is 0.588. The standard InChI is InChI=1S/C34H44F2N6O6/c1-21-23-7-6-16-46-30(23)25(35)19-24(21)29-28(31(33(44)48-36)47-34(3,4)5)22(2)37-27-20-26(38-42(27)29)32(43)41-12-10-39(11-13-41)8-9-40-14-17-45-18-15-40/h19-20,31H,6-18H2,1-5H3/t31-/m0/s1. The van der Waals surface area contributed by atoms with E-state index in [1.165, 1.54) is 10.6 Å². The minimum Gasteiger partial charge on any atom is -0.490 e. The number of carbonyl (C=O) groups excluding carboxylic acids is 2. The zero-order valence-electron chi connectivity index (χ0n) is 28.3. The van der Waals surface area contributed by atoms with Crippen molar-refractivity contribution in [3.63, 3.8) is 0 Å². The molecule has 0 radical (unpaired) electrons. The van der Waals surface area contributed by atoms with Crippen LogP contribution in [0.15, 0.2) is 12.1 Å². The minimum absolute atomic E-state index is 0.155. The first kappa shape index (κ1) is 34.2. The third-order valence-electron chi connectivity index (χ3n) is 9.26. The summed E-state index contributed by atoms with van der Waals surface area (Å²) in [6.07, 6.45) is -0.269. The molecule has 2 fully saturated rings. The van der Waals surface area contributed by atoms with E-state index in [1.54, 1.807) is 38.7 Å². The van der Waals surface area contributed by atoms with Gasteiger partial charge in [0.2, 0.25) is 0 Å². The molecule has 6 rings (SSSR count). The van der Waals surface area contributed by atoms with Gasteiger partial charge in [-0.15, -0.1) is 0 Å². The van der Waals surface area contributed by atoms with Gasteiger partial charge in [0.15, 0.2) is 29.0 Å². The SMILES string of the molecule is Cc1nc2cc(C(=O)N3CCN(CCN4CCOCC4)CC3)nn2c(-c2cc(F)c3c(c2C)CCCO3)c1[C@H](OC(C)(C)C)C(=O)OF. The average molecular weight is 671 g/mol. The molecule has 0 N–H and O–H groups in total. The third kappa shape index (κ3) is 7.02. The van der Waals surface area contributed by atoms with Gasteiger partial charge in [-0.2, -0.15) is 5.10 Å². The minimum atomic E-state index is -1.56. The van der Waals surface area contributed by atoms with Gasteiger partial charge in [-0.25, -0.2) is 18.7 Å². The smallest absolute Gasteiger partial charge is 0.381 e. The number of amides is 1. The zero-order chi connectivity index (χ0) is 34.2. The van der Waals surface area contributed by atoms with Crippen molar-refractivity contribution in [2.45, 2.75) is 59.2 Å². The van der Waals surface area contributed by atoms with E-state index in [9.17, 15) is 14.1 Å². The van der Waals surface area contributed by atoms with Crippen LogP contribution in [-0.4, -0.2) is 119 Å². The molecule has 1 amide bonds. The second kappa shape index (κ2) is 14.0. The van der Waals surface area contributed by atoms with Crippen molar-refractivity contribution >= 4 is 17.5 Å². The van der Waals surface area contributed by atoms with E-state index in [0.29, 0.717) is 60.6 Å². The van der Waals surface area contributed by atoms with Gasteiger partial charge in [0.1, 0.15) is 0 Å². The molecule has 5 heterocycles. The molecule has 0 aliphatic carbocycles. The van der Waals surface area contributed by atoms with Gasteiger partial charge in [-0.1, -0.05) is 0 Å². The first-order valence-electron chi connectivity index (χ1n) is 16.6. The highest BCUT2D eigenvalue weighted by Crippen LogP contribution is 2.42. The Morgan fingerprint density at radius 2 is 1.69 bits per heavy atom. The number of aromatic nitrogens is 3. The van der Waals surface area contributed by atoms with Crippen LogP contribution in [0.2, 0.25) is 0 Å². The van der Waals surface area contributed by atoms with Gasteiger partial charge in [-0.3, -0.25) is 19.5 Å². The van der Waals surface area contributed by atoms with Crippen molar-refractivity contribution in [1.29, 1.82) is 0 Å². The maximum atomic E-state index is 15.7. The first-order chi connectivity index (χ1) is 22.9. The van der Waals surface area contributed by atoms with Crippen molar-refractivity contribution in [2.24, 2.45) is 0 Å². The summed E-state index contributed by atoms with van der Waals surface area (Å²) in [4.78, 5) is 41.7. The molecule has 0 bridgehead atoms. The van der Waals surface area contributed by atoms with E-state index < -0.39 is 23.5 Å². The molecule has 3 aromatic rings. The maximum Gasteiger partial charge on any atom is 0.381 e. The Kier molecular flexibility index (Phi) is 9.98. The van der Waals surface area contributed by atoms with Crippen LogP contribution in [0.5, 0.6) is 5.75 Å². The number of carbonyl (C=O) groups is 2. The number of rotatable bonds is 8. The van der Waals surface area contributed by atoms with Crippen molar-refractivity contribution in [3.8, 4) is 17.0 Å². The topological polar surface area (TPSA) is 111 Å². The van der Waals surface area contributed by atoms with E-state index in [-0.39, 0.29) is 28.6 Å². The fourth-order valence-corrected chi connectivity index (χ4v) is 6.78. The summed E-state index contributed by atoms with van der Waals surface area (Å²) in [6, 6.07) is 2.92. The van der Waals surface area contributed by atoms with E-state index in [0.717, 1.165) is 52.5 Å². The van der Waals surface area contributed by atoms with Gasteiger partial charge in [-0.05, 0) is 59.1 Å².